The van der Waals surface area contributed by atoms with E-state index >= 15 is 0 Å². The van der Waals surface area contributed by atoms with E-state index in [4.69, 9.17) is 16.3 Å². The molecule has 0 aliphatic rings. The largest absolute Gasteiger partial charge is 0.487 e. The molecule has 152 valence electrons. The molecule has 28 heavy (non-hydrogen) atoms. The van der Waals surface area contributed by atoms with Gasteiger partial charge in [0.15, 0.2) is 5.69 Å². The Kier molecular flexibility index (Phi) is 6.14. The number of alkyl halides is 3. The summed E-state index contributed by atoms with van der Waals surface area (Å²) in [5, 5.41) is -0.746. The third kappa shape index (κ3) is 5.52. The third-order valence-electron chi connectivity index (χ3n) is 3.14. The molecule has 1 heterocycles. The summed E-state index contributed by atoms with van der Waals surface area (Å²) in [6.45, 7) is -0.625. The Hall–Kier alpha value is -2.47. The SMILES string of the molecule is CS(=O)(=O)NC(=O)c1cc(F)c(COc2cnc(C(F)(F)F)c(Cl)c2)cc1F. The lowest BCUT2D eigenvalue weighted by Crippen LogP contribution is -2.30. The molecule has 0 fully saturated rings. The Labute approximate surface area is 160 Å². The molecule has 0 radical (unpaired) electrons. The molecule has 0 atom stereocenters. The molecular formula is C15H10ClF5N2O4S. The number of nitrogens with one attached hydrogen (secondary N) is 1. The van der Waals surface area contributed by atoms with Crippen LogP contribution in [0.1, 0.15) is 21.6 Å². The zero-order chi connectivity index (χ0) is 21.3. The minimum absolute atomic E-state index is 0.239. The van der Waals surface area contributed by atoms with Crippen molar-refractivity contribution in [1.82, 2.24) is 9.71 Å². The maximum Gasteiger partial charge on any atom is 0.434 e. The number of nitrogens with zero attached hydrogens (tertiary/aromatic N) is 1. The first-order chi connectivity index (χ1) is 12.8. The summed E-state index contributed by atoms with van der Waals surface area (Å²) in [4.78, 5) is 14.7. The van der Waals surface area contributed by atoms with Gasteiger partial charge in [0.25, 0.3) is 5.91 Å². The molecule has 6 nitrogen and oxygen atoms in total. The predicted molar refractivity (Wildman–Crippen MR) is 87.2 cm³/mol. The molecule has 1 amide bonds. The van der Waals surface area contributed by atoms with E-state index in [1.165, 1.54) is 4.72 Å². The van der Waals surface area contributed by atoms with E-state index in [0.717, 1.165) is 6.07 Å². The maximum atomic E-state index is 14.1. The first-order valence-electron chi connectivity index (χ1n) is 7.13. The third-order valence-corrected chi connectivity index (χ3v) is 3.98. The molecule has 0 saturated heterocycles. The summed E-state index contributed by atoms with van der Waals surface area (Å²) in [6.07, 6.45) is -3.41. The van der Waals surface area contributed by atoms with Crippen LogP contribution in [0.25, 0.3) is 0 Å². The number of carbonyl (C=O) groups is 1. The molecule has 2 aromatic rings. The maximum absolute atomic E-state index is 14.1. The highest BCUT2D eigenvalue weighted by molar-refractivity contribution is 7.89. The summed E-state index contributed by atoms with van der Waals surface area (Å²) < 4.78 is 94.3. The quantitative estimate of drug-likeness (QED) is 0.715. The van der Waals surface area contributed by atoms with Crippen LogP contribution in [0.3, 0.4) is 0 Å². The Bertz CT molecular complexity index is 1030. The van der Waals surface area contributed by atoms with Gasteiger partial charge in [0, 0.05) is 11.6 Å². The van der Waals surface area contributed by atoms with E-state index in [9.17, 15) is 35.2 Å². The van der Waals surface area contributed by atoms with Crippen LogP contribution in [0.15, 0.2) is 24.4 Å². The van der Waals surface area contributed by atoms with Crippen molar-refractivity contribution in [3.8, 4) is 5.75 Å². The van der Waals surface area contributed by atoms with Gasteiger partial charge in [0.1, 0.15) is 24.0 Å². The Balaban J connectivity index is 2.19. The van der Waals surface area contributed by atoms with Crippen LogP contribution < -0.4 is 9.46 Å². The molecule has 0 spiro atoms. The summed E-state index contributed by atoms with van der Waals surface area (Å²) in [5.41, 5.74) is -2.57. The van der Waals surface area contributed by atoms with Crippen molar-refractivity contribution in [3.63, 3.8) is 0 Å². The highest BCUT2D eigenvalue weighted by Crippen LogP contribution is 2.34. The second-order valence-electron chi connectivity index (χ2n) is 5.41. The van der Waals surface area contributed by atoms with Gasteiger partial charge >= 0.3 is 6.18 Å². The number of hydrogen-bond acceptors (Lipinski definition) is 5. The molecule has 0 aliphatic heterocycles. The van der Waals surface area contributed by atoms with Gasteiger partial charge in [-0.25, -0.2) is 26.9 Å². The molecule has 1 aromatic carbocycles. The fourth-order valence-electron chi connectivity index (χ4n) is 1.96. The first kappa shape index (κ1) is 21.8. The van der Waals surface area contributed by atoms with Crippen LogP contribution in [-0.4, -0.2) is 25.6 Å². The molecule has 0 aliphatic carbocycles. The summed E-state index contributed by atoms with van der Waals surface area (Å²) in [7, 11) is -3.99. The van der Waals surface area contributed by atoms with Crippen LogP contribution in [0, 0.1) is 11.6 Å². The molecule has 0 saturated carbocycles. The van der Waals surface area contributed by atoms with Crippen molar-refractivity contribution < 1.29 is 39.9 Å². The molecule has 2 rings (SSSR count). The monoisotopic (exact) mass is 444 g/mol. The molecular weight excluding hydrogens is 435 g/mol. The molecule has 1 aromatic heterocycles. The van der Waals surface area contributed by atoms with E-state index in [0.29, 0.717) is 24.6 Å². The van der Waals surface area contributed by atoms with Gasteiger partial charge < -0.3 is 4.74 Å². The lowest BCUT2D eigenvalue weighted by Gasteiger charge is -2.12. The van der Waals surface area contributed by atoms with Gasteiger partial charge in [-0.2, -0.15) is 13.2 Å². The van der Waals surface area contributed by atoms with Gasteiger partial charge in [-0.05, 0) is 12.1 Å². The molecule has 0 unspecified atom stereocenters. The van der Waals surface area contributed by atoms with Gasteiger partial charge in [-0.1, -0.05) is 11.6 Å². The summed E-state index contributed by atoms with van der Waals surface area (Å²) >= 11 is 5.47. The van der Waals surface area contributed by atoms with E-state index < -0.39 is 56.6 Å². The van der Waals surface area contributed by atoms with Crippen LogP contribution in [0.5, 0.6) is 5.75 Å². The lowest BCUT2D eigenvalue weighted by atomic mass is 10.1. The number of pyridine rings is 1. The van der Waals surface area contributed by atoms with Gasteiger partial charge in [-0.15, -0.1) is 0 Å². The summed E-state index contributed by atoms with van der Waals surface area (Å²) in [6, 6.07) is 1.86. The fourth-order valence-corrected chi connectivity index (χ4v) is 2.68. The fraction of sp³-hybridized carbons (Fsp3) is 0.200. The first-order valence-corrected chi connectivity index (χ1v) is 9.40. The lowest BCUT2D eigenvalue weighted by molar-refractivity contribution is -0.141. The number of sulfonamides is 1. The predicted octanol–water partition coefficient (Wildman–Crippen LogP) is 3.30. The number of carbonyl (C=O) groups excluding carboxylic acids is 1. The number of rotatable bonds is 5. The topological polar surface area (TPSA) is 85.4 Å². The minimum atomic E-state index is -4.77. The number of halogens is 6. The number of aromatic nitrogens is 1. The molecule has 13 heteroatoms. The van der Waals surface area contributed by atoms with Crippen molar-refractivity contribution in [1.29, 1.82) is 0 Å². The van der Waals surface area contributed by atoms with E-state index in [-0.39, 0.29) is 11.3 Å². The smallest absolute Gasteiger partial charge is 0.434 e. The van der Waals surface area contributed by atoms with Crippen LogP contribution in [0.4, 0.5) is 22.0 Å². The van der Waals surface area contributed by atoms with E-state index in [2.05, 4.69) is 4.98 Å². The zero-order valence-corrected chi connectivity index (χ0v) is 15.3. The standard InChI is InChI=1S/C15H10ClF5N2O4S/c1-28(25,26)23-14(24)9-4-11(17)7(2-12(9)18)6-27-8-3-10(16)13(22-5-8)15(19,20)21/h2-5H,6H2,1H3,(H,23,24). The molecule has 1 N–H and O–H groups in total. The zero-order valence-electron chi connectivity index (χ0n) is 13.8. The number of ether oxygens (including phenoxy) is 1. The van der Waals surface area contributed by atoms with Crippen LogP contribution in [-0.2, 0) is 22.8 Å². The van der Waals surface area contributed by atoms with Gasteiger partial charge in [0.2, 0.25) is 10.0 Å². The van der Waals surface area contributed by atoms with Gasteiger partial charge in [0.05, 0.1) is 23.0 Å². The van der Waals surface area contributed by atoms with Crippen molar-refractivity contribution in [2.45, 2.75) is 12.8 Å². The van der Waals surface area contributed by atoms with E-state index in [1.54, 1.807) is 0 Å². The van der Waals surface area contributed by atoms with Crippen molar-refractivity contribution >= 4 is 27.5 Å². The van der Waals surface area contributed by atoms with Crippen LogP contribution >= 0.6 is 11.6 Å². The Morgan fingerprint density at radius 2 is 1.86 bits per heavy atom. The minimum Gasteiger partial charge on any atom is -0.487 e. The summed E-state index contributed by atoms with van der Waals surface area (Å²) in [5.74, 6) is -3.95. The number of amides is 1. The highest BCUT2D eigenvalue weighted by Gasteiger charge is 2.35. The second kappa shape index (κ2) is 7.87. The normalized spacial score (nSPS) is 12.0. The van der Waals surface area contributed by atoms with Crippen molar-refractivity contribution in [3.05, 3.63) is 57.9 Å². The highest BCUT2D eigenvalue weighted by atomic mass is 35.5. The average molecular weight is 445 g/mol. The Morgan fingerprint density at radius 1 is 1.21 bits per heavy atom. The number of benzene rings is 1. The van der Waals surface area contributed by atoms with Gasteiger partial charge in [-0.3, -0.25) is 4.79 Å². The Morgan fingerprint density at radius 3 is 2.39 bits per heavy atom. The average Bonchev–Trinajstić information content (AvgIpc) is 2.52. The number of hydrogen-bond donors (Lipinski definition) is 1. The van der Waals surface area contributed by atoms with Crippen molar-refractivity contribution in [2.24, 2.45) is 0 Å². The van der Waals surface area contributed by atoms with Crippen molar-refractivity contribution in [2.75, 3.05) is 6.26 Å². The molecule has 0 bridgehead atoms. The van der Waals surface area contributed by atoms with E-state index in [1.807, 2.05) is 0 Å². The second-order valence-corrected chi connectivity index (χ2v) is 7.57. The van der Waals surface area contributed by atoms with Crippen LogP contribution in [0.2, 0.25) is 5.02 Å².